The van der Waals surface area contributed by atoms with E-state index in [1.807, 2.05) is 6.08 Å². The number of carbonyl (C=O) groups excluding carboxylic acids is 1. The third kappa shape index (κ3) is 2.62. The van der Waals surface area contributed by atoms with Crippen LogP contribution in [0, 0.1) is 5.92 Å². The summed E-state index contributed by atoms with van der Waals surface area (Å²) in [5, 5.41) is 12.4. The van der Waals surface area contributed by atoms with Crippen LogP contribution in [-0.4, -0.2) is 24.2 Å². The van der Waals surface area contributed by atoms with Crippen molar-refractivity contribution in [2.75, 3.05) is 12.4 Å². The van der Waals surface area contributed by atoms with E-state index in [-0.39, 0.29) is 23.6 Å². The Bertz CT molecular complexity index is 485. The Balaban J connectivity index is 2.05. The fraction of sp³-hybridized carbons (Fsp3) is 0.308. The summed E-state index contributed by atoms with van der Waals surface area (Å²) in [5.41, 5.74) is 6.06. The first-order valence-electron chi connectivity index (χ1n) is 5.72. The maximum Gasteiger partial charge on any atom is 0.231 e. The lowest BCUT2D eigenvalue weighted by Crippen LogP contribution is -2.24. The van der Waals surface area contributed by atoms with Gasteiger partial charge in [0.1, 0.15) is 11.5 Å². The van der Waals surface area contributed by atoms with Crippen molar-refractivity contribution in [1.29, 1.82) is 0 Å². The molecule has 0 saturated heterocycles. The first-order chi connectivity index (χ1) is 8.60. The summed E-state index contributed by atoms with van der Waals surface area (Å²) >= 11 is 0. The van der Waals surface area contributed by atoms with Crippen molar-refractivity contribution in [2.24, 2.45) is 11.7 Å². The number of amides is 1. The lowest BCUT2D eigenvalue weighted by atomic mass is 10.1. The molecule has 0 bridgehead atoms. The highest BCUT2D eigenvalue weighted by molar-refractivity contribution is 5.95. The molecule has 1 aromatic rings. The SMILES string of the molecule is COc1ccc(NC(=O)C2C=CC(N)C2)c(O)c1. The van der Waals surface area contributed by atoms with E-state index in [2.05, 4.69) is 5.32 Å². The predicted octanol–water partition coefficient (Wildman–Crippen LogP) is 1.24. The topological polar surface area (TPSA) is 84.6 Å². The van der Waals surface area contributed by atoms with E-state index in [0.717, 1.165) is 0 Å². The molecule has 0 saturated carbocycles. The molecule has 4 N–H and O–H groups in total. The summed E-state index contributed by atoms with van der Waals surface area (Å²) in [6, 6.07) is 4.66. The first-order valence-corrected chi connectivity index (χ1v) is 5.72. The normalized spacial score (nSPS) is 21.9. The largest absolute Gasteiger partial charge is 0.506 e. The molecule has 2 rings (SSSR count). The summed E-state index contributed by atoms with van der Waals surface area (Å²) < 4.78 is 4.97. The quantitative estimate of drug-likeness (QED) is 0.555. The Hall–Kier alpha value is -2.01. The number of nitrogens with two attached hydrogens (primary N) is 1. The smallest absolute Gasteiger partial charge is 0.231 e. The van der Waals surface area contributed by atoms with E-state index >= 15 is 0 Å². The highest BCUT2D eigenvalue weighted by atomic mass is 16.5. The van der Waals surface area contributed by atoms with Crippen molar-refractivity contribution in [2.45, 2.75) is 12.5 Å². The summed E-state index contributed by atoms with van der Waals surface area (Å²) in [6.07, 6.45) is 4.21. The molecule has 1 aliphatic carbocycles. The number of nitrogens with one attached hydrogen (secondary N) is 1. The van der Waals surface area contributed by atoms with Crippen LogP contribution in [0.1, 0.15) is 6.42 Å². The van der Waals surface area contributed by atoms with Gasteiger partial charge in [0.15, 0.2) is 0 Å². The van der Waals surface area contributed by atoms with Crippen LogP contribution in [0.3, 0.4) is 0 Å². The number of phenolic OH excluding ortho intramolecular Hbond substituents is 1. The van der Waals surface area contributed by atoms with E-state index in [1.54, 1.807) is 18.2 Å². The number of hydrogen-bond acceptors (Lipinski definition) is 4. The van der Waals surface area contributed by atoms with Crippen LogP contribution in [0.4, 0.5) is 5.69 Å². The van der Waals surface area contributed by atoms with Gasteiger partial charge in [-0.05, 0) is 18.6 Å². The number of hydrogen-bond donors (Lipinski definition) is 3. The first kappa shape index (κ1) is 12.4. The van der Waals surface area contributed by atoms with Crippen LogP contribution < -0.4 is 15.8 Å². The Kier molecular flexibility index (Phi) is 3.53. The van der Waals surface area contributed by atoms with Crippen molar-refractivity contribution < 1.29 is 14.6 Å². The maximum absolute atomic E-state index is 11.9. The van der Waals surface area contributed by atoms with Crippen molar-refractivity contribution in [3.63, 3.8) is 0 Å². The van der Waals surface area contributed by atoms with Gasteiger partial charge in [0.25, 0.3) is 0 Å². The van der Waals surface area contributed by atoms with E-state index in [4.69, 9.17) is 10.5 Å². The molecule has 1 aromatic carbocycles. The van der Waals surface area contributed by atoms with Gasteiger partial charge in [0.2, 0.25) is 5.91 Å². The fourth-order valence-corrected chi connectivity index (χ4v) is 1.89. The van der Waals surface area contributed by atoms with Crippen molar-refractivity contribution in [1.82, 2.24) is 0 Å². The molecule has 2 atom stereocenters. The van der Waals surface area contributed by atoms with Gasteiger partial charge in [-0.2, -0.15) is 0 Å². The number of rotatable bonds is 3. The maximum atomic E-state index is 11.9. The molecule has 96 valence electrons. The Morgan fingerprint density at radius 2 is 2.28 bits per heavy atom. The number of phenols is 1. The zero-order valence-electron chi connectivity index (χ0n) is 10.1. The van der Waals surface area contributed by atoms with Crippen LogP contribution in [0.5, 0.6) is 11.5 Å². The van der Waals surface area contributed by atoms with Gasteiger partial charge in [-0.1, -0.05) is 12.2 Å². The van der Waals surface area contributed by atoms with Gasteiger partial charge >= 0.3 is 0 Å². The average Bonchev–Trinajstić information content (AvgIpc) is 2.78. The Morgan fingerprint density at radius 3 is 2.83 bits per heavy atom. The van der Waals surface area contributed by atoms with Gasteiger partial charge in [-0.3, -0.25) is 4.79 Å². The molecule has 0 radical (unpaired) electrons. The van der Waals surface area contributed by atoms with Gasteiger partial charge in [0.05, 0.1) is 18.7 Å². The lowest BCUT2D eigenvalue weighted by molar-refractivity contribution is -0.118. The molecule has 18 heavy (non-hydrogen) atoms. The lowest BCUT2D eigenvalue weighted by Gasteiger charge is -2.12. The van der Waals surface area contributed by atoms with Crippen LogP contribution in [0.2, 0.25) is 0 Å². The minimum absolute atomic E-state index is 0.0195. The summed E-state index contributed by atoms with van der Waals surface area (Å²) in [5.74, 6) is 0.114. The molecule has 0 fully saturated rings. The van der Waals surface area contributed by atoms with E-state index in [0.29, 0.717) is 17.9 Å². The number of anilines is 1. The standard InChI is InChI=1S/C13H16N2O3/c1-18-10-4-5-11(12(16)7-10)15-13(17)8-2-3-9(14)6-8/h2-5,7-9,16H,6,14H2,1H3,(H,15,17). The van der Waals surface area contributed by atoms with Crippen LogP contribution in [0.25, 0.3) is 0 Å². The molecule has 1 amide bonds. The number of methoxy groups -OCH3 is 1. The molecule has 5 nitrogen and oxygen atoms in total. The van der Waals surface area contributed by atoms with Gasteiger partial charge in [0, 0.05) is 12.1 Å². The fourth-order valence-electron chi connectivity index (χ4n) is 1.89. The van der Waals surface area contributed by atoms with Gasteiger partial charge in [-0.25, -0.2) is 0 Å². The summed E-state index contributed by atoms with van der Waals surface area (Å²) in [4.78, 5) is 11.9. The second-order valence-corrected chi connectivity index (χ2v) is 4.26. The van der Waals surface area contributed by atoms with Crippen LogP contribution in [0.15, 0.2) is 30.4 Å². The molecule has 0 aromatic heterocycles. The predicted molar refractivity (Wildman–Crippen MR) is 68.5 cm³/mol. The second kappa shape index (κ2) is 5.10. The Morgan fingerprint density at radius 1 is 1.50 bits per heavy atom. The molecule has 1 aliphatic rings. The average molecular weight is 248 g/mol. The van der Waals surface area contributed by atoms with E-state index in [1.165, 1.54) is 13.2 Å². The molecule has 2 unspecified atom stereocenters. The third-order valence-corrected chi connectivity index (χ3v) is 2.92. The minimum atomic E-state index is -0.235. The zero-order valence-corrected chi connectivity index (χ0v) is 10.1. The van der Waals surface area contributed by atoms with Crippen LogP contribution in [-0.2, 0) is 4.79 Å². The molecule has 0 spiro atoms. The summed E-state index contributed by atoms with van der Waals surface area (Å²) in [6.45, 7) is 0. The minimum Gasteiger partial charge on any atom is -0.506 e. The highest BCUT2D eigenvalue weighted by Gasteiger charge is 2.23. The van der Waals surface area contributed by atoms with Gasteiger partial charge in [-0.15, -0.1) is 0 Å². The van der Waals surface area contributed by atoms with Crippen LogP contribution >= 0.6 is 0 Å². The summed E-state index contributed by atoms with van der Waals surface area (Å²) in [7, 11) is 1.51. The Labute approximate surface area is 105 Å². The third-order valence-electron chi connectivity index (χ3n) is 2.92. The number of benzene rings is 1. The highest BCUT2D eigenvalue weighted by Crippen LogP contribution is 2.29. The van der Waals surface area contributed by atoms with Crippen molar-refractivity contribution >= 4 is 11.6 Å². The van der Waals surface area contributed by atoms with Crippen molar-refractivity contribution in [3.8, 4) is 11.5 Å². The number of carbonyl (C=O) groups is 1. The zero-order chi connectivity index (χ0) is 13.1. The monoisotopic (exact) mass is 248 g/mol. The van der Waals surface area contributed by atoms with Crippen molar-refractivity contribution in [3.05, 3.63) is 30.4 Å². The molecule has 0 aliphatic heterocycles. The second-order valence-electron chi connectivity index (χ2n) is 4.26. The number of aromatic hydroxyl groups is 1. The van der Waals surface area contributed by atoms with Gasteiger partial charge < -0.3 is 20.9 Å². The van der Waals surface area contributed by atoms with E-state index in [9.17, 15) is 9.90 Å². The molecular weight excluding hydrogens is 232 g/mol. The van der Waals surface area contributed by atoms with E-state index < -0.39 is 0 Å². The molecule has 5 heteroatoms. The number of ether oxygens (including phenoxy) is 1. The molecular formula is C13H16N2O3. The molecule has 0 heterocycles.